The largest absolute Gasteiger partial charge is 0.481 e. The molecular weight excluding hydrogens is 703 g/mol. The van der Waals surface area contributed by atoms with E-state index in [0.717, 1.165) is 33.7 Å². The molecule has 1 heterocycles. The lowest BCUT2D eigenvalue weighted by Gasteiger charge is -2.46. The minimum atomic E-state index is -4.41. The molecule has 13 heteroatoms. The maximum atomic E-state index is 12.4. The first kappa shape index (κ1) is 41.2. The van der Waals surface area contributed by atoms with Gasteiger partial charge in [-0.25, -0.2) is 0 Å². The van der Waals surface area contributed by atoms with Crippen molar-refractivity contribution >= 4 is 48.9 Å². The average Bonchev–Trinajstić information content (AvgIpc) is 2.97. The van der Waals surface area contributed by atoms with Crippen LogP contribution in [0.2, 0.25) is 0 Å². The Morgan fingerprint density at radius 3 is 2.19 bits per heavy atom. The minimum absolute atomic E-state index is 0.0828. The number of unbranched alkanes of at least 4 members (excludes halogenated alkanes) is 2. The van der Waals surface area contributed by atoms with Crippen LogP contribution in [0.1, 0.15) is 105 Å². The standard InChI is InChI=1S/C39H55N3O8S2/c1-10-40-33-19-31-29(17-27(33)25(21-37(3,4)5)23-51(45,46)47)36(41-16-14-12-13-15-35(43)44)30-18-28-26(24-52(48,49)50)22-38(6,7)42(11-2)34(28)20-32(30)39(31,8)9/h17-22,41H,10-16,23-24H2,1-9H3,(H,43,44)(H,45,46,47)(H,48,49,50)/b25-21-,40-33+. The van der Waals surface area contributed by atoms with Crippen LogP contribution < -0.4 is 10.2 Å². The number of allylic oxidation sites excluding steroid dienone is 6. The van der Waals surface area contributed by atoms with Crippen molar-refractivity contribution in [1.29, 1.82) is 0 Å². The number of likely N-dealkylation sites (N-methyl/N-ethyl adjacent to an activating group) is 1. The molecule has 0 unspecified atom stereocenters. The smallest absolute Gasteiger partial charge is 0.303 e. The number of hydrogen-bond donors (Lipinski definition) is 4. The first-order valence-corrected chi connectivity index (χ1v) is 21.1. The Bertz CT molecular complexity index is 2020. The number of fused-ring (bicyclic) bond motifs is 3. The highest BCUT2D eigenvalue weighted by Gasteiger charge is 2.42. The number of carboxylic acid groups (broad SMARTS) is 1. The van der Waals surface area contributed by atoms with Crippen LogP contribution in [0, 0.1) is 5.41 Å². The number of anilines is 1. The van der Waals surface area contributed by atoms with Gasteiger partial charge in [0, 0.05) is 65.1 Å². The molecule has 3 aliphatic rings. The summed E-state index contributed by atoms with van der Waals surface area (Å²) in [4.78, 5) is 18.2. The van der Waals surface area contributed by atoms with Crippen molar-refractivity contribution in [2.45, 2.75) is 99.0 Å². The summed E-state index contributed by atoms with van der Waals surface area (Å²) in [5, 5.41) is 12.8. The Morgan fingerprint density at radius 2 is 1.63 bits per heavy atom. The second-order valence-electron chi connectivity index (χ2n) is 16.0. The van der Waals surface area contributed by atoms with Crippen molar-refractivity contribution in [2.24, 2.45) is 10.4 Å². The van der Waals surface area contributed by atoms with Gasteiger partial charge in [0.1, 0.15) is 11.5 Å². The molecule has 1 aliphatic heterocycles. The van der Waals surface area contributed by atoms with Crippen molar-refractivity contribution in [2.75, 3.05) is 36.0 Å². The van der Waals surface area contributed by atoms with Crippen molar-refractivity contribution in [3.05, 3.63) is 75.4 Å². The van der Waals surface area contributed by atoms with Gasteiger partial charge in [0.2, 0.25) is 0 Å². The van der Waals surface area contributed by atoms with Crippen LogP contribution >= 0.6 is 0 Å². The zero-order valence-corrected chi connectivity index (χ0v) is 33.6. The fourth-order valence-corrected chi connectivity index (χ4v) is 8.90. The van der Waals surface area contributed by atoms with E-state index in [0.29, 0.717) is 66.9 Å². The summed E-state index contributed by atoms with van der Waals surface area (Å²) in [5.74, 6) is -1.98. The highest BCUT2D eigenvalue weighted by Crippen LogP contribution is 2.52. The Kier molecular flexibility index (Phi) is 12.0. The Morgan fingerprint density at radius 1 is 0.962 bits per heavy atom. The van der Waals surface area contributed by atoms with Gasteiger partial charge in [-0.05, 0) is 92.5 Å². The van der Waals surface area contributed by atoms with E-state index in [1.54, 1.807) is 0 Å². The normalized spacial score (nSPS) is 19.4. The molecule has 0 radical (unpaired) electrons. The molecule has 1 aromatic carbocycles. The van der Waals surface area contributed by atoms with Gasteiger partial charge in [-0.15, -0.1) is 0 Å². The van der Waals surface area contributed by atoms with Crippen LogP contribution in [0.25, 0.3) is 11.3 Å². The topological polar surface area (TPSA) is 174 Å². The predicted octanol–water partition coefficient (Wildman–Crippen LogP) is 7.00. The highest BCUT2D eigenvalue weighted by molar-refractivity contribution is 7.86. The number of aliphatic carboxylic acids is 1. The fourth-order valence-electron chi connectivity index (χ4n) is 7.64. The molecule has 286 valence electrons. The summed E-state index contributed by atoms with van der Waals surface area (Å²) in [6.45, 7) is 19.7. The zero-order valence-electron chi connectivity index (χ0n) is 31.9. The van der Waals surface area contributed by atoms with E-state index in [-0.39, 0.29) is 6.42 Å². The lowest BCUT2D eigenvalue weighted by atomic mass is 9.64. The summed E-state index contributed by atoms with van der Waals surface area (Å²) in [7, 11) is -8.78. The van der Waals surface area contributed by atoms with Crippen LogP contribution in [0.5, 0.6) is 0 Å². The van der Waals surface area contributed by atoms with Crippen LogP contribution in [-0.2, 0) is 30.4 Å². The molecule has 0 amide bonds. The van der Waals surface area contributed by atoms with E-state index >= 15 is 0 Å². The summed E-state index contributed by atoms with van der Waals surface area (Å²) in [6, 6.07) is 4.11. The van der Waals surface area contributed by atoms with Gasteiger partial charge in [0.05, 0.1) is 11.3 Å². The molecule has 0 aromatic heterocycles. The third kappa shape index (κ3) is 9.52. The van der Waals surface area contributed by atoms with Crippen LogP contribution in [0.15, 0.2) is 63.7 Å². The molecule has 0 spiro atoms. The minimum Gasteiger partial charge on any atom is -0.481 e. The molecule has 52 heavy (non-hydrogen) atoms. The quantitative estimate of drug-likeness (QED) is 0.114. The molecule has 2 aliphatic carbocycles. The molecule has 0 bridgehead atoms. The molecule has 0 fully saturated rings. The van der Waals surface area contributed by atoms with E-state index < -0.39 is 54.1 Å². The van der Waals surface area contributed by atoms with Gasteiger partial charge in [-0.2, -0.15) is 16.8 Å². The highest BCUT2D eigenvalue weighted by atomic mass is 32.2. The van der Waals surface area contributed by atoms with Gasteiger partial charge in [-0.1, -0.05) is 53.2 Å². The molecule has 11 nitrogen and oxygen atoms in total. The van der Waals surface area contributed by atoms with E-state index in [4.69, 9.17) is 10.1 Å². The van der Waals surface area contributed by atoms with E-state index in [1.807, 2.05) is 78.8 Å². The van der Waals surface area contributed by atoms with Crippen molar-refractivity contribution < 1.29 is 35.8 Å². The summed E-state index contributed by atoms with van der Waals surface area (Å²) < 4.78 is 69.5. The van der Waals surface area contributed by atoms with Gasteiger partial charge in [-0.3, -0.25) is 18.9 Å². The van der Waals surface area contributed by atoms with Gasteiger partial charge < -0.3 is 15.3 Å². The Labute approximate surface area is 309 Å². The molecule has 4 N–H and O–H groups in total. The third-order valence-corrected chi connectivity index (χ3v) is 11.0. The fraction of sp³-hybridized carbons (Fsp3) is 0.538. The number of aliphatic imine (C=N–C) groups is 1. The van der Waals surface area contributed by atoms with E-state index in [1.165, 1.54) is 0 Å². The first-order chi connectivity index (χ1) is 23.9. The Hall–Kier alpha value is -3.52. The number of carbonyl (C=O) groups is 1. The van der Waals surface area contributed by atoms with Gasteiger partial charge in [0.25, 0.3) is 20.2 Å². The number of carboxylic acids is 1. The molecule has 0 saturated heterocycles. The molecular formula is C39H55N3O8S2. The van der Waals surface area contributed by atoms with E-state index in [9.17, 15) is 30.7 Å². The summed E-state index contributed by atoms with van der Waals surface area (Å²) >= 11 is 0. The van der Waals surface area contributed by atoms with Gasteiger partial charge in [0.15, 0.2) is 0 Å². The van der Waals surface area contributed by atoms with Crippen LogP contribution in [-0.4, -0.2) is 79.4 Å². The molecule has 4 rings (SSSR count). The van der Waals surface area contributed by atoms with Gasteiger partial charge >= 0.3 is 5.97 Å². The summed E-state index contributed by atoms with van der Waals surface area (Å²) in [5.41, 5.74) is 6.43. The molecule has 0 saturated carbocycles. The second kappa shape index (κ2) is 15.1. The maximum absolute atomic E-state index is 12.4. The van der Waals surface area contributed by atoms with E-state index in [2.05, 4.69) is 30.1 Å². The number of rotatable bonds is 14. The second-order valence-corrected chi connectivity index (χ2v) is 18.9. The number of nitrogens with one attached hydrogen (secondary N) is 1. The van der Waals surface area contributed by atoms with Crippen LogP contribution in [0.3, 0.4) is 0 Å². The SMILES string of the molecule is CC/N=C1\C=C2C(=C(NCCCCCC(=O)O)c3cc4c(cc3C2(C)C)N(CC)C(C)(C)C=C4CS(=O)(=O)O)C=C1/C(=C\C(C)(C)C)CS(=O)(=O)O. The van der Waals surface area contributed by atoms with Crippen molar-refractivity contribution in [3.8, 4) is 0 Å². The van der Waals surface area contributed by atoms with Crippen molar-refractivity contribution in [1.82, 2.24) is 5.32 Å². The predicted molar refractivity (Wildman–Crippen MR) is 210 cm³/mol. The van der Waals surface area contributed by atoms with Crippen LogP contribution in [0.4, 0.5) is 5.69 Å². The third-order valence-electron chi connectivity index (χ3n) is 9.66. The number of nitrogens with zero attached hydrogens (tertiary/aromatic N) is 2. The number of hydrogen-bond acceptors (Lipinski definition) is 8. The Balaban J connectivity index is 2.07. The summed E-state index contributed by atoms with van der Waals surface area (Å²) in [6.07, 6.45) is 9.70. The number of benzene rings is 1. The first-order valence-electron chi connectivity index (χ1n) is 17.9. The molecule has 1 aromatic rings. The maximum Gasteiger partial charge on any atom is 0.303 e. The lowest BCUT2D eigenvalue weighted by Crippen LogP contribution is -2.46. The van der Waals surface area contributed by atoms with Crippen molar-refractivity contribution in [3.63, 3.8) is 0 Å². The lowest BCUT2D eigenvalue weighted by molar-refractivity contribution is -0.137. The molecule has 0 atom stereocenters. The average molecular weight is 758 g/mol. The zero-order chi connectivity index (χ0) is 39.0. The monoisotopic (exact) mass is 757 g/mol.